The second-order valence-electron chi connectivity index (χ2n) is 3.54. The first-order valence-corrected chi connectivity index (χ1v) is 5.31. The normalized spacial score (nSPS) is 10.4. The summed E-state index contributed by atoms with van der Waals surface area (Å²) in [5.41, 5.74) is 2.02. The SMILES string of the molecule is COCc1cc(CCON)c(OC)c(OC)c1. The Kier molecular flexibility index (Phi) is 5.76. The fourth-order valence-electron chi connectivity index (χ4n) is 1.71. The Morgan fingerprint density at radius 2 is 1.88 bits per heavy atom. The van der Waals surface area contributed by atoms with Crippen LogP contribution in [0.3, 0.4) is 0 Å². The van der Waals surface area contributed by atoms with Crippen LogP contribution < -0.4 is 15.4 Å². The number of methoxy groups -OCH3 is 3. The van der Waals surface area contributed by atoms with E-state index in [1.165, 1.54) is 0 Å². The second kappa shape index (κ2) is 7.11. The lowest BCUT2D eigenvalue weighted by atomic mass is 10.1. The Morgan fingerprint density at radius 1 is 1.12 bits per heavy atom. The maximum absolute atomic E-state index is 5.34. The molecule has 0 aliphatic carbocycles. The van der Waals surface area contributed by atoms with Gasteiger partial charge in [-0.3, -0.25) is 0 Å². The van der Waals surface area contributed by atoms with Gasteiger partial charge >= 0.3 is 0 Å². The van der Waals surface area contributed by atoms with Gasteiger partial charge < -0.3 is 19.0 Å². The molecule has 5 heteroatoms. The minimum atomic E-state index is 0.427. The molecule has 1 aromatic carbocycles. The van der Waals surface area contributed by atoms with Gasteiger partial charge in [0.2, 0.25) is 0 Å². The third-order valence-electron chi connectivity index (χ3n) is 2.42. The van der Waals surface area contributed by atoms with Gasteiger partial charge in [-0.1, -0.05) is 0 Å². The summed E-state index contributed by atoms with van der Waals surface area (Å²) in [5, 5.41) is 0. The predicted molar refractivity (Wildman–Crippen MR) is 64.1 cm³/mol. The van der Waals surface area contributed by atoms with Crippen LogP contribution in [0.15, 0.2) is 12.1 Å². The maximum atomic E-state index is 5.34. The molecule has 96 valence electrons. The summed E-state index contributed by atoms with van der Waals surface area (Å²) >= 11 is 0. The molecule has 0 amide bonds. The van der Waals surface area contributed by atoms with Crippen molar-refractivity contribution in [1.29, 1.82) is 0 Å². The average molecular weight is 241 g/mol. The molecule has 0 bridgehead atoms. The lowest BCUT2D eigenvalue weighted by Crippen LogP contribution is -2.06. The van der Waals surface area contributed by atoms with E-state index in [0.29, 0.717) is 31.1 Å². The fourth-order valence-corrected chi connectivity index (χ4v) is 1.71. The minimum Gasteiger partial charge on any atom is -0.493 e. The van der Waals surface area contributed by atoms with Crippen molar-refractivity contribution >= 4 is 0 Å². The van der Waals surface area contributed by atoms with Gasteiger partial charge in [0.15, 0.2) is 11.5 Å². The molecule has 17 heavy (non-hydrogen) atoms. The molecule has 0 saturated carbocycles. The van der Waals surface area contributed by atoms with Crippen LogP contribution in [0.25, 0.3) is 0 Å². The van der Waals surface area contributed by atoms with Gasteiger partial charge in [0, 0.05) is 19.1 Å². The fraction of sp³-hybridized carbons (Fsp3) is 0.500. The van der Waals surface area contributed by atoms with E-state index in [2.05, 4.69) is 4.84 Å². The highest BCUT2D eigenvalue weighted by atomic mass is 16.6. The molecule has 0 unspecified atom stereocenters. The van der Waals surface area contributed by atoms with E-state index >= 15 is 0 Å². The van der Waals surface area contributed by atoms with Gasteiger partial charge in [-0.25, -0.2) is 5.90 Å². The van der Waals surface area contributed by atoms with Crippen LogP contribution >= 0.6 is 0 Å². The van der Waals surface area contributed by atoms with E-state index in [1.807, 2.05) is 12.1 Å². The number of rotatable bonds is 7. The Hall–Kier alpha value is -1.30. The van der Waals surface area contributed by atoms with Crippen molar-refractivity contribution in [2.75, 3.05) is 27.9 Å². The number of hydrogen-bond acceptors (Lipinski definition) is 5. The molecule has 0 radical (unpaired) electrons. The maximum Gasteiger partial charge on any atom is 0.164 e. The van der Waals surface area contributed by atoms with Crippen molar-refractivity contribution in [3.8, 4) is 11.5 Å². The molecule has 0 aliphatic heterocycles. The van der Waals surface area contributed by atoms with Gasteiger partial charge in [-0.15, -0.1) is 0 Å². The Balaban J connectivity index is 3.07. The van der Waals surface area contributed by atoms with Crippen molar-refractivity contribution in [1.82, 2.24) is 0 Å². The van der Waals surface area contributed by atoms with Crippen molar-refractivity contribution in [3.63, 3.8) is 0 Å². The van der Waals surface area contributed by atoms with Gasteiger partial charge in [0.05, 0.1) is 27.4 Å². The monoisotopic (exact) mass is 241 g/mol. The third-order valence-corrected chi connectivity index (χ3v) is 2.42. The summed E-state index contributed by atoms with van der Waals surface area (Å²) in [6.07, 6.45) is 0.660. The first kappa shape index (κ1) is 13.8. The summed E-state index contributed by atoms with van der Waals surface area (Å²) in [7, 11) is 4.87. The lowest BCUT2D eigenvalue weighted by Gasteiger charge is -2.14. The highest BCUT2D eigenvalue weighted by molar-refractivity contribution is 5.49. The largest absolute Gasteiger partial charge is 0.493 e. The predicted octanol–water partition coefficient (Wildman–Crippen LogP) is 1.28. The van der Waals surface area contributed by atoms with E-state index in [4.69, 9.17) is 20.1 Å². The molecule has 0 saturated heterocycles. The Morgan fingerprint density at radius 3 is 2.41 bits per heavy atom. The summed E-state index contributed by atoms with van der Waals surface area (Å²) in [4.78, 5) is 4.59. The first-order valence-electron chi connectivity index (χ1n) is 5.31. The van der Waals surface area contributed by atoms with Crippen LogP contribution in [0.4, 0.5) is 0 Å². The van der Waals surface area contributed by atoms with Crippen molar-refractivity contribution in [2.45, 2.75) is 13.0 Å². The smallest absolute Gasteiger partial charge is 0.164 e. The molecule has 2 N–H and O–H groups in total. The zero-order valence-electron chi connectivity index (χ0n) is 10.5. The van der Waals surface area contributed by atoms with Gasteiger partial charge in [0.25, 0.3) is 0 Å². The van der Waals surface area contributed by atoms with E-state index < -0.39 is 0 Å². The molecule has 0 fully saturated rings. The standard InChI is InChI=1S/C12H19NO4/c1-14-8-9-6-10(4-5-17-13)12(16-3)11(7-9)15-2/h6-7H,4-5,8,13H2,1-3H3. The molecule has 0 aromatic heterocycles. The first-order chi connectivity index (χ1) is 8.26. The van der Waals surface area contributed by atoms with Crippen molar-refractivity contribution in [3.05, 3.63) is 23.3 Å². The topological polar surface area (TPSA) is 62.9 Å². The van der Waals surface area contributed by atoms with E-state index in [0.717, 1.165) is 11.1 Å². The zero-order chi connectivity index (χ0) is 12.7. The summed E-state index contributed by atoms with van der Waals surface area (Å²) in [6, 6.07) is 3.90. The molecule has 1 aromatic rings. The highest BCUT2D eigenvalue weighted by Gasteiger charge is 2.12. The molecule has 0 heterocycles. The van der Waals surface area contributed by atoms with Gasteiger partial charge in [-0.2, -0.15) is 0 Å². The quantitative estimate of drug-likeness (QED) is 0.729. The number of benzene rings is 1. The van der Waals surface area contributed by atoms with E-state index in [-0.39, 0.29) is 0 Å². The summed E-state index contributed by atoms with van der Waals surface area (Å²) < 4.78 is 15.7. The average Bonchev–Trinajstić information content (AvgIpc) is 2.35. The van der Waals surface area contributed by atoms with E-state index in [1.54, 1.807) is 21.3 Å². The molecular weight excluding hydrogens is 222 g/mol. The zero-order valence-corrected chi connectivity index (χ0v) is 10.5. The van der Waals surface area contributed by atoms with Crippen LogP contribution in [-0.4, -0.2) is 27.9 Å². The number of hydrogen-bond donors (Lipinski definition) is 1. The van der Waals surface area contributed by atoms with Crippen molar-refractivity contribution in [2.24, 2.45) is 5.90 Å². The Bertz CT molecular complexity index is 355. The van der Waals surface area contributed by atoms with Crippen LogP contribution in [0, 0.1) is 0 Å². The number of nitrogens with two attached hydrogens (primary N) is 1. The van der Waals surface area contributed by atoms with Crippen LogP contribution in [0.2, 0.25) is 0 Å². The molecule has 0 aliphatic rings. The van der Waals surface area contributed by atoms with Gasteiger partial charge in [0.1, 0.15) is 0 Å². The molecule has 0 spiro atoms. The van der Waals surface area contributed by atoms with Crippen LogP contribution in [0.1, 0.15) is 11.1 Å². The minimum absolute atomic E-state index is 0.427. The molecule has 5 nitrogen and oxygen atoms in total. The van der Waals surface area contributed by atoms with Crippen LogP contribution in [-0.2, 0) is 22.6 Å². The Labute approximate surface area is 101 Å². The second-order valence-corrected chi connectivity index (χ2v) is 3.54. The van der Waals surface area contributed by atoms with Crippen molar-refractivity contribution < 1.29 is 19.0 Å². The molecule has 1 rings (SSSR count). The number of ether oxygens (including phenoxy) is 3. The van der Waals surface area contributed by atoms with Crippen LogP contribution in [0.5, 0.6) is 11.5 Å². The highest BCUT2D eigenvalue weighted by Crippen LogP contribution is 2.33. The molecule has 0 atom stereocenters. The molecular formula is C12H19NO4. The van der Waals surface area contributed by atoms with E-state index in [9.17, 15) is 0 Å². The summed E-state index contributed by atoms with van der Waals surface area (Å²) in [5.74, 6) is 6.44. The third kappa shape index (κ3) is 3.59. The summed E-state index contributed by atoms with van der Waals surface area (Å²) in [6.45, 7) is 0.951. The van der Waals surface area contributed by atoms with Gasteiger partial charge in [-0.05, 0) is 17.7 Å². The lowest BCUT2D eigenvalue weighted by molar-refractivity contribution is 0.140.